The van der Waals surface area contributed by atoms with E-state index in [2.05, 4.69) is 31.1 Å². The number of aromatic nitrogens is 4. The van der Waals surface area contributed by atoms with Gasteiger partial charge in [0.2, 0.25) is 5.28 Å². The summed E-state index contributed by atoms with van der Waals surface area (Å²) < 4.78 is 6.94. The van der Waals surface area contributed by atoms with Crippen molar-refractivity contribution in [1.82, 2.24) is 30.3 Å². The van der Waals surface area contributed by atoms with Gasteiger partial charge in [0.1, 0.15) is 12.2 Å². The monoisotopic (exact) mass is 461 g/mol. The molecule has 0 bridgehead atoms. The number of anilines is 1. The number of rotatable bonds is 6. The van der Waals surface area contributed by atoms with Crippen molar-refractivity contribution in [3.8, 4) is 0 Å². The molecule has 1 aliphatic heterocycles. The van der Waals surface area contributed by atoms with E-state index in [0.29, 0.717) is 12.1 Å². The van der Waals surface area contributed by atoms with Crippen molar-refractivity contribution < 1.29 is 24.5 Å². The molecule has 4 rings (SSSR count). The highest BCUT2D eigenvalue weighted by Gasteiger charge is 2.47. The highest BCUT2D eigenvalue weighted by atomic mass is 35.5. The van der Waals surface area contributed by atoms with Crippen LogP contribution in [0.4, 0.5) is 5.82 Å². The highest BCUT2D eigenvalue weighted by molar-refractivity contribution is 6.28. The van der Waals surface area contributed by atoms with E-state index < -0.39 is 36.4 Å². The zero-order valence-corrected chi connectivity index (χ0v) is 17.5. The number of hydrogen-bond donors (Lipinski definition) is 5. The predicted molar refractivity (Wildman–Crippen MR) is 112 cm³/mol. The number of carbonyl (C=O) groups is 2. The topological polar surface area (TPSA) is 164 Å². The fourth-order valence-corrected chi connectivity index (χ4v) is 3.49. The minimum atomic E-state index is -1.45. The molecule has 13 heteroatoms. The predicted octanol–water partition coefficient (Wildman–Crippen LogP) is -0.00810. The van der Waals surface area contributed by atoms with E-state index in [0.717, 1.165) is 0 Å². The maximum absolute atomic E-state index is 12.3. The van der Waals surface area contributed by atoms with Crippen LogP contribution >= 0.6 is 11.6 Å². The van der Waals surface area contributed by atoms with Gasteiger partial charge in [0, 0.05) is 12.1 Å². The van der Waals surface area contributed by atoms with Gasteiger partial charge in [-0.25, -0.2) is 4.98 Å². The van der Waals surface area contributed by atoms with Gasteiger partial charge in [0.25, 0.3) is 11.8 Å². The second kappa shape index (κ2) is 9.04. The van der Waals surface area contributed by atoms with Gasteiger partial charge in [-0.05, 0) is 30.7 Å². The number of ether oxygens (including phenoxy) is 1. The standard InChI is InChI=1S/C19H20ClN7O5/c1-2-21-17(31)13-11(28)12(29)18(32-13)27-8-22-10-14(23-19(20)24-15(10)27)25-26-16(30)9-6-4-3-5-7-9/h3-8,11-13,18,28-29H,2H2,1H3,(H,21,31)(H,26,30)(H,23,24,25)/t11-,12+,13-,18+/m0/s1. The first-order valence-corrected chi connectivity index (χ1v) is 10.1. The lowest BCUT2D eigenvalue weighted by Gasteiger charge is -2.16. The Morgan fingerprint density at radius 3 is 2.66 bits per heavy atom. The van der Waals surface area contributed by atoms with E-state index in [1.54, 1.807) is 37.3 Å². The Kier molecular flexibility index (Phi) is 6.19. The van der Waals surface area contributed by atoms with Crippen LogP contribution < -0.4 is 16.2 Å². The van der Waals surface area contributed by atoms with Gasteiger partial charge in [-0.3, -0.25) is 25.0 Å². The van der Waals surface area contributed by atoms with E-state index >= 15 is 0 Å². The van der Waals surface area contributed by atoms with Crippen molar-refractivity contribution in [2.45, 2.75) is 31.5 Å². The van der Waals surface area contributed by atoms with Crippen LogP contribution in [0.1, 0.15) is 23.5 Å². The number of carbonyl (C=O) groups excluding carboxylic acids is 2. The maximum atomic E-state index is 12.3. The number of amides is 2. The number of hydrogen-bond acceptors (Lipinski definition) is 9. The summed E-state index contributed by atoms with van der Waals surface area (Å²) in [7, 11) is 0. The summed E-state index contributed by atoms with van der Waals surface area (Å²) in [6.45, 7) is 2.06. The van der Waals surface area contributed by atoms with E-state index in [9.17, 15) is 19.8 Å². The van der Waals surface area contributed by atoms with Crippen molar-refractivity contribution in [2.24, 2.45) is 0 Å². The first-order valence-electron chi connectivity index (χ1n) is 9.71. The first-order chi connectivity index (χ1) is 15.4. The molecule has 168 valence electrons. The van der Waals surface area contributed by atoms with E-state index in [4.69, 9.17) is 16.3 Å². The molecule has 12 nitrogen and oxygen atoms in total. The molecule has 2 amide bonds. The smallest absolute Gasteiger partial charge is 0.269 e. The third-order valence-electron chi connectivity index (χ3n) is 4.85. The Morgan fingerprint density at radius 1 is 1.19 bits per heavy atom. The lowest BCUT2D eigenvalue weighted by atomic mass is 10.1. The number of nitrogens with one attached hydrogen (secondary N) is 3. The lowest BCUT2D eigenvalue weighted by Crippen LogP contribution is -2.42. The Hall–Kier alpha value is -3.32. The first kappa shape index (κ1) is 21.9. The molecule has 0 saturated carbocycles. The minimum Gasteiger partial charge on any atom is -0.387 e. The number of likely N-dealkylation sites (N-methyl/N-ethyl adjacent to an activating group) is 1. The quantitative estimate of drug-likeness (QED) is 0.251. The molecule has 0 aliphatic carbocycles. The molecule has 0 spiro atoms. The van der Waals surface area contributed by atoms with Crippen LogP contribution in [0.2, 0.25) is 5.28 Å². The maximum Gasteiger partial charge on any atom is 0.269 e. The number of halogens is 1. The Labute approximate surface area is 186 Å². The highest BCUT2D eigenvalue weighted by Crippen LogP contribution is 2.33. The zero-order chi connectivity index (χ0) is 22.8. The van der Waals surface area contributed by atoms with Crippen molar-refractivity contribution >= 4 is 40.4 Å². The van der Waals surface area contributed by atoms with E-state index in [-0.39, 0.29) is 22.3 Å². The third-order valence-corrected chi connectivity index (χ3v) is 5.02. The van der Waals surface area contributed by atoms with Gasteiger partial charge in [0.05, 0.1) is 6.33 Å². The van der Waals surface area contributed by atoms with Crippen LogP contribution in [-0.4, -0.2) is 66.4 Å². The second-order valence-electron chi connectivity index (χ2n) is 6.93. The van der Waals surface area contributed by atoms with Crippen molar-refractivity contribution in [3.05, 3.63) is 47.5 Å². The van der Waals surface area contributed by atoms with E-state index in [1.807, 2.05) is 0 Å². The third kappa shape index (κ3) is 4.08. The number of hydrazine groups is 1. The Bertz CT molecular complexity index is 1140. The fraction of sp³-hybridized carbons (Fsp3) is 0.316. The molecule has 4 atom stereocenters. The summed E-state index contributed by atoms with van der Waals surface area (Å²) >= 11 is 6.04. The van der Waals surface area contributed by atoms with Crippen molar-refractivity contribution in [3.63, 3.8) is 0 Å². The normalized spacial score (nSPS) is 22.6. The molecule has 0 radical (unpaired) electrons. The molecular formula is C19H20ClN7O5. The van der Waals surface area contributed by atoms with Crippen molar-refractivity contribution in [1.29, 1.82) is 0 Å². The van der Waals surface area contributed by atoms with Gasteiger partial charge >= 0.3 is 0 Å². The summed E-state index contributed by atoms with van der Waals surface area (Å²) in [5.41, 5.74) is 5.98. The van der Waals surface area contributed by atoms with Crippen LogP contribution in [0.25, 0.3) is 11.2 Å². The van der Waals surface area contributed by atoms with Gasteiger partial charge in [-0.1, -0.05) is 18.2 Å². The second-order valence-corrected chi connectivity index (χ2v) is 7.27. The molecule has 1 fully saturated rings. The number of aliphatic hydroxyl groups excluding tert-OH is 2. The Balaban J connectivity index is 1.59. The summed E-state index contributed by atoms with van der Waals surface area (Å²) in [6.07, 6.45) is -4.00. The van der Waals surface area contributed by atoms with Crippen LogP contribution in [-0.2, 0) is 9.53 Å². The van der Waals surface area contributed by atoms with Crippen LogP contribution in [0.3, 0.4) is 0 Å². The molecule has 0 unspecified atom stereocenters. The van der Waals surface area contributed by atoms with Crippen LogP contribution in [0.5, 0.6) is 0 Å². The SMILES string of the molecule is CCNC(=O)[C@H]1O[C@@H](n2cnc3c(NNC(=O)c4ccccc4)nc(Cl)nc32)[C@H](O)[C@@H]1O. The number of fused-ring (bicyclic) bond motifs is 1. The largest absolute Gasteiger partial charge is 0.387 e. The summed E-state index contributed by atoms with van der Waals surface area (Å²) in [5.74, 6) is -0.851. The number of imidazole rings is 1. The fourth-order valence-electron chi connectivity index (χ4n) is 3.32. The number of aliphatic hydroxyl groups is 2. The summed E-state index contributed by atoms with van der Waals surface area (Å²) in [4.78, 5) is 36.8. The molecule has 1 aliphatic rings. The summed E-state index contributed by atoms with van der Waals surface area (Å²) in [6, 6.07) is 8.53. The molecule has 5 N–H and O–H groups in total. The minimum absolute atomic E-state index is 0.108. The van der Waals surface area contributed by atoms with Gasteiger partial charge in [-0.15, -0.1) is 0 Å². The zero-order valence-electron chi connectivity index (χ0n) is 16.8. The van der Waals surface area contributed by atoms with Crippen LogP contribution in [0.15, 0.2) is 36.7 Å². The lowest BCUT2D eigenvalue weighted by molar-refractivity contribution is -0.137. The molecule has 3 heterocycles. The molecule has 32 heavy (non-hydrogen) atoms. The molecular weight excluding hydrogens is 442 g/mol. The number of nitrogens with zero attached hydrogens (tertiary/aromatic N) is 4. The van der Waals surface area contributed by atoms with Crippen LogP contribution in [0, 0.1) is 0 Å². The van der Waals surface area contributed by atoms with Gasteiger partial charge in [0.15, 0.2) is 29.3 Å². The number of benzene rings is 1. The molecule has 1 aromatic carbocycles. The van der Waals surface area contributed by atoms with E-state index in [1.165, 1.54) is 10.9 Å². The summed E-state index contributed by atoms with van der Waals surface area (Å²) in [5, 5.41) is 23.1. The van der Waals surface area contributed by atoms with Gasteiger partial charge < -0.3 is 20.3 Å². The molecule has 2 aromatic heterocycles. The molecule has 1 saturated heterocycles. The van der Waals surface area contributed by atoms with Crippen molar-refractivity contribution in [2.75, 3.05) is 12.0 Å². The average Bonchev–Trinajstić information content (AvgIpc) is 3.33. The van der Waals surface area contributed by atoms with Gasteiger partial charge in [-0.2, -0.15) is 9.97 Å². The Morgan fingerprint density at radius 2 is 1.94 bits per heavy atom. The average molecular weight is 462 g/mol. The molecule has 3 aromatic rings.